The molecule has 1 heterocycles. The predicted octanol–water partition coefficient (Wildman–Crippen LogP) is 3.03. The number of phenols is 1. The van der Waals surface area contributed by atoms with Gasteiger partial charge in [-0.25, -0.2) is 0 Å². The number of aliphatic hydroxyl groups excluding tert-OH is 1. The van der Waals surface area contributed by atoms with Crippen molar-refractivity contribution in [2.24, 2.45) is 0 Å². The van der Waals surface area contributed by atoms with Crippen LogP contribution < -0.4 is 9.47 Å². The van der Waals surface area contributed by atoms with Gasteiger partial charge in [-0.3, -0.25) is 9.59 Å². The third-order valence-corrected chi connectivity index (χ3v) is 5.09. The molecule has 2 N–H and O–H groups in total. The van der Waals surface area contributed by atoms with Gasteiger partial charge in [0.15, 0.2) is 11.5 Å². The third kappa shape index (κ3) is 4.45. The third-order valence-electron chi connectivity index (χ3n) is 5.09. The van der Waals surface area contributed by atoms with Gasteiger partial charge in [0.25, 0.3) is 11.7 Å². The first kappa shape index (κ1) is 22.9. The van der Waals surface area contributed by atoms with Crippen molar-refractivity contribution in [2.75, 3.05) is 34.0 Å². The van der Waals surface area contributed by atoms with Gasteiger partial charge in [0.1, 0.15) is 18.1 Å². The number of rotatable bonds is 9. The number of phenolic OH excluding ortho intramolecular Hbond substituents is 1. The molecule has 1 aliphatic rings. The van der Waals surface area contributed by atoms with E-state index in [2.05, 4.69) is 6.58 Å². The Morgan fingerprint density at radius 1 is 1.16 bits per heavy atom. The highest BCUT2D eigenvalue weighted by Crippen LogP contribution is 2.41. The Labute approximate surface area is 185 Å². The molecule has 0 aromatic heterocycles. The Balaban J connectivity index is 2.10. The molecular weight excluding hydrogens is 414 g/mol. The summed E-state index contributed by atoms with van der Waals surface area (Å²) in [5.74, 6) is -1.18. The molecule has 1 fully saturated rings. The monoisotopic (exact) mass is 439 g/mol. The van der Waals surface area contributed by atoms with Crippen molar-refractivity contribution in [3.63, 3.8) is 0 Å². The second-order valence-corrected chi connectivity index (χ2v) is 7.04. The van der Waals surface area contributed by atoms with E-state index in [0.717, 1.165) is 0 Å². The molecule has 1 aliphatic heterocycles. The highest BCUT2D eigenvalue weighted by Gasteiger charge is 2.46. The van der Waals surface area contributed by atoms with Crippen LogP contribution in [0.1, 0.15) is 17.2 Å². The summed E-state index contributed by atoms with van der Waals surface area (Å²) >= 11 is 0. The minimum atomic E-state index is -0.878. The molecule has 32 heavy (non-hydrogen) atoms. The van der Waals surface area contributed by atoms with Gasteiger partial charge in [-0.05, 0) is 42.0 Å². The van der Waals surface area contributed by atoms with Gasteiger partial charge < -0.3 is 29.3 Å². The number of ether oxygens (including phenoxy) is 3. The topological polar surface area (TPSA) is 106 Å². The summed E-state index contributed by atoms with van der Waals surface area (Å²) in [5.41, 5.74) is 0.803. The summed E-state index contributed by atoms with van der Waals surface area (Å²) in [5, 5.41) is 21.0. The SMILES string of the molecule is C=CCOc1ccc(C(O)=C2C(=O)C(=O)N(CCOC)C2c2ccc(O)c(OC)c2)cc1. The molecule has 2 aromatic carbocycles. The lowest BCUT2D eigenvalue weighted by atomic mass is 9.95. The Morgan fingerprint density at radius 3 is 2.50 bits per heavy atom. The maximum atomic E-state index is 12.9. The average Bonchev–Trinajstić information content (AvgIpc) is 3.06. The van der Waals surface area contributed by atoms with E-state index in [1.54, 1.807) is 36.4 Å². The standard InChI is InChI=1S/C24H25NO7/c1-4-12-32-17-8-5-15(6-9-17)22(27)20-21(16-7-10-18(26)19(14-16)31-3)25(11-13-30-2)24(29)23(20)28/h4-10,14,21,26-27H,1,11-13H2,2-3H3. The number of nitrogens with zero attached hydrogens (tertiary/aromatic N) is 1. The molecule has 0 saturated carbocycles. The van der Waals surface area contributed by atoms with Crippen LogP contribution in [0.2, 0.25) is 0 Å². The summed E-state index contributed by atoms with van der Waals surface area (Å²) in [6.45, 7) is 4.27. The molecule has 8 heteroatoms. The molecule has 1 atom stereocenters. The lowest BCUT2D eigenvalue weighted by molar-refractivity contribution is -0.140. The molecule has 2 aromatic rings. The second-order valence-electron chi connectivity index (χ2n) is 7.04. The van der Waals surface area contributed by atoms with Crippen molar-refractivity contribution < 1.29 is 34.0 Å². The highest BCUT2D eigenvalue weighted by molar-refractivity contribution is 6.46. The molecule has 1 unspecified atom stereocenters. The number of benzene rings is 2. The Bertz CT molecular complexity index is 1040. The zero-order valence-electron chi connectivity index (χ0n) is 17.9. The highest BCUT2D eigenvalue weighted by atomic mass is 16.5. The number of Topliss-reactive ketones (excluding diaryl/α,β-unsaturated/α-hetero) is 1. The molecular formula is C24H25NO7. The first-order chi connectivity index (χ1) is 15.4. The van der Waals surface area contributed by atoms with Gasteiger partial charge >= 0.3 is 0 Å². The first-order valence-electron chi connectivity index (χ1n) is 9.91. The second kappa shape index (κ2) is 10.0. The summed E-state index contributed by atoms with van der Waals surface area (Å²) in [4.78, 5) is 27.1. The number of carbonyl (C=O) groups is 2. The quantitative estimate of drug-likeness (QED) is 0.268. The van der Waals surface area contributed by atoms with Gasteiger partial charge in [0, 0.05) is 19.2 Å². The van der Waals surface area contributed by atoms with Crippen LogP contribution in [0.3, 0.4) is 0 Å². The lowest BCUT2D eigenvalue weighted by Crippen LogP contribution is -2.32. The molecule has 0 aliphatic carbocycles. The van der Waals surface area contributed by atoms with Crippen molar-refractivity contribution in [2.45, 2.75) is 6.04 Å². The predicted molar refractivity (Wildman–Crippen MR) is 118 cm³/mol. The van der Waals surface area contributed by atoms with Gasteiger partial charge in [0.2, 0.25) is 0 Å². The number of amides is 1. The van der Waals surface area contributed by atoms with E-state index < -0.39 is 17.7 Å². The molecule has 0 spiro atoms. The molecule has 0 radical (unpaired) electrons. The zero-order valence-corrected chi connectivity index (χ0v) is 17.9. The molecule has 1 amide bonds. The number of ketones is 1. The molecule has 1 saturated heterocycles. The number of methoxy groups -OCH3 is 2. The van der Waals surface area contributed by atoms with E-state index >= 15 is 0 Å². The molecule has 3 rings (SSSR count). The van der Waals surface area contributed by atoms with E-state index in [0.29, 0.717) is 23.5 Å². The number of hydrogen-bond acceptors (Lipinski definition) is 7. The van der Waals surface area contributed by atoms with Gasteiger partial charge in [-0.2, -0.15) is 0 Å². The Morgan fingerprint density at radius 2 is 1.88 bits per heavy atom. The molecule has 168 valence electrons. The Kier molecular flexibility index (Phi) is 7.17. The van der Waals surface area contributed by atoms with Crippen molar-refractivity contribution in [3.8, 4) is 17.2 Å². The van der Waals surface area contributed by atoms with Gasteiger partial charge in [0.05, 0.1) is 25.3 Å². The normalized spacial score (nSPS) is 17.4. The van der Waals surface area contributed by atoms with Crippen molar-refractivity contribution >= 4 is 17.4 Å². The van der Waals surface area contributed by atoms with Crippen LogP contribution in [0, 0.1) is 0 Å². The summed E-state index contributed by atoms with van der Waals surface area (Å²) in [7, 11) is 2.89. The van der Waals surface area contributed by atoms with Crippen molar-refractivity contribution in [1.29, 1.82) is 0 Å². The maximum Gasteiger partial charge on any atom is 0.295 e. The van der Waals surface area contributed by atoms with Crippen LogP contribution >= 0.6 is 0 Å². The van der Waals surface area contributed by atoms with E-state index in [1.807, 2.05) is 0 Å². The molecule has 0 bridgehead atoms. The minimum Gasteiger partial charge on any atom is -0.507 e. The Hall–Kier alpha value is -3.78. The number of aromatic hydroxyl groups is 1. The van der Waals surface area contributed by atoms with Crippen LogP contribution in [0.25, 0.3) is 5.76 Å². The first-order valence-corrected chi connectivity index (χ1v) is 9.91. The summed E-state index contributed by atoms with van der Waals surface area (Å²) in [6.07, 6.45) is 1.61. The van der Waals surface area contributed by atoms with Crippen LogP contribution in [0.15, 0.2) is 60.7 Å². The number of likely N-dealkylation sites (tertiary alicyclic amines) is 1. The van der Waals surface area contributed by atoms with Crippen LogP contribution in [0.4, 0.5) is 0 Å². The van der Waals surface area contributed by atoms with E-state index in [4.69, 9.17) is 14.2 Å². The van der Waals surface area contributed by atoms with Gasteiger partial charge in [-0.15, -0.1) is 0 Å². The number of hydrogen-bond donors (Lipinski definition) is 2. The lowest BCUT2D eigenvalue weighted by Gasteiger charge is -2.25. The minimum absolute atomic E-state index is 0.0568. The number of aliphatic hydroxyl groups is 1. The fraction of sp³-hybridized carbons (Fsp3) is 0.250. The van der Waals surface area contributed by atoms with E-state index in [-0.39, 0.29) is 36.0 Å². The van der Waals surface area contributed by atoms with Crippen LogP contribution in [-0.4, -0.2) is 60.8 Å². The van der Waals surface area contributed by atoms with E-state index in [9.17, 15) is 19.8 Å². The van der Waals surface area contributed by atoms with E-state index in [1.165, 1.54) is 31.3 Å². The largest absolute Gasteiger partial charge is 0.507 e. The maximum absolute atomic E-state index is 12.9. The fourth-order valence-electron chi connectivity index (χ4n) is 3.53. The van der Waals surface area contributed by atoms with Crippen LogP contribution in [0.5, 0.6) is 17.2 Å². The summed E-state index contributed by atoms with van der Waals surface area (Å²) in [6, 6.07) is 10.2. The fourth-order valence-corrected chi connectivity index (χ4v) is 3.53. The zero-order chi connectivity index (χ0) is 23.3. The van der Waals surface area contributed by atoms with Crippen molar-refractivity contribution in [1.82, 2.24) is 4.90 Å². The summed E-state index contributed by atoms with van der Waals surface area (Å²) < 4.78 is 15.7. The van der Waals surface area contributed by atoms with Crippen LogP contribution in [-0.2, 0) is 14.3 Å². The van der Waals surface area contributed by atoms with Gasteiger partial charge in [-0.1, -0.05) is 18.7 Å². The number of carbonyl (C=O) groups excluding carboxylic acids is 2. The molecule has 8 nitrogen and oxygen atoms in total. The average molecular weight is 439 g/mol. The van der Waals surface area contributed by atoms with Crippen molar-refractivity contribution in [3.05, 3.63) is 71.8 Å². The smallest absolute Gasteiger partial charge is 0.295 e.